The zero-order valence-electron chi connectivity index (χ0n) is 11.0. The molecule has 0 aliphatic carbocycles. The zero-order chi connectivity index (χ0) is 13.5. The fourth-order valence-corrected chi connectivity index (χ4v) is 1.28. The van der Waals surface area contributed by atoms with E-state index in [0.29, 0.717) is 29.6 Å². The first-order valence-electron chi connectivity index (χ1n) is 5.86. The summed E-state index contributed by atoms with van der Waals surface area (Å²) in [5.41, 5.74) is 6.22. The van der Waals surface area contributed by atoms with Crippen molar-refractivity contribution in [1.82, 2.24) is 5.32 Å². The van der Waals surface area contributed by atoms with E-state index in [-0.39, 0.29) is 12.5 Å². The Morgan fingerprint density at radius 1 is 1.44 bits per heavy atom. The minimum absolute atomic E-state index is 0.0515. The van der Waals surface area contributed by atoms with Crippen molar-refractivity contribution in [1.29, 1.82) is 0 Å². The van der Waals surface area contributed by atoms with Gasteiger partial charge in [0.05, 0.1) is 12.8 Å². The number of hydrogen-bond acceptors (Lipinski definition) is 4. The van der Waals surface area contributed by atoms with E-state index in [1.807, 2.05) is 13.8 Å². The molecule has 0 aliphatic heterocycles. The van der Waals surface area contributed by atoms with Gasteiger partial charge in [-0.2, -0.15) is 0 Å². The van der Waals surface area contributed by atoms with Crippen LogP contribution < -0.4 is 20.5 Å². The molecule has 0 bridgehead atoms. The molecular weight excluding hydrogens is 232 g/mol. The van der Waals surface area contributed by atoms with Gasteiger partial charge in [0.25, 0.3) is 5.91 Å². The molecule has 0 spiro atoms. The van der Waals surface area contributed by atoms with Crippen LogP contribution in [0.15, 0.2) is 18.2 Å². The molecule has 0 unspecified atom stereocenters. The molecule has 0 radical (unpaired) electrons. The number of carbonyl (C=O) groups is 1. The average molecular weight is 252 g/mol. The highest BCUT2D eigenvalue weighted by molar-refractivity contribution is 5.77. The fraction of sp³-hybridized carbons (Fsp3) is 0.462. The largest absolute Gasteiger partial charge is 0.497 e. The number of ether oxygens (including phenoxy) is 2. The van der Waals surface area contributed by atoms with Crippen molar-refractivity contribution in [3.8, 4) is 11.5 Å². The fourth-order valence-electron chi connectivity index (χ4n) is 1.28. The van der Waals surface area contributed by atoms with Crippen molar-refractivity contribution >= 4 is 11.6 Å². The number of rotatable bonds is 6. The van der Waals surface area contributed by atoms with Crippen molar-refractivity contribution in [3.05, 3.63) is 18.2 Å². The van der Waals surface area contributed by atoms with Crippen LogP contribution in [-0.4, -0.2) is 26.2 Å². The summed E-state index contributed by atoms with van der Waals surface area (Å²) < 4.78 is 10.4. The van der Waals surface area contributed by atoms with E-state index in [2.05, 4.69) is 5.32 Å². The lowest BCUT2D eigenvalue weighted by atomic mass is 10.2. The SMILES string of the molecule is COc1ccc(N)c(OCC(=O)NCC(C)C)c1. The van der Waals surface area contributed by atoms with Crippen LogP contribution in [-0.2, 0) is 4.79 Å². The highest BCUT2D eigenvalue weighted by Gasteiger charge is 2.07. The molecule has 1 aromatic rings. The number of amides is 1. The minimum atomic E-state index is -0.161. The summed E-state index contributed by atoms with van der Waals surface area (Å²) in [6.07, 6.45) is 0. The molecule has 5 nitrogen and oxygen atoms in total. The van der Waals surface area contributed by atoms with Gasteiger partial charge in [0.1, 0.15) is 11.5 Å². The normalized spacial score (nSPS) is 10.2. The molecule has 100 valence electrons. The molecule has 0 atom stereocenters. The second-order valence-corrected chi connectivity index (χ2v) is 4.39. The Morgan fingerprint density at radius 2 is 2.17 bits per heavy atom. The number of nitrogen functional groups attached to an aromatic ring is 1. The van der Waals surface area contributed by atoms with Crippen LogP contribution in [0.4, 0.5) is 5.69 Å². The van der Waals surface area contributed by atoms with E-state index in [4.69, 9.17) is 15.2 Å². The molecule has 1 rings (SSSR count). The Labute approximate surface area is 107 Å². The van der Waals surface area contributed by atoms with E-state index >= 15 is 0 Å². The van der Waals surface area contributed by atoms with Gasteiger partial charge in [-0.25, -0.2) is 0 Å². The lowest BCUT2D eigenvalue weighted by Crippen LogP contribution is -2.31. The van der Waals surface area contributed by atoms with Crippen LogP contribution in [0.5, 0.6) is 11.5 Å². The van der Waals surface area contributed by atoms with Crippen molar-refractivity contribution in [2.24, 2.45) is 5.92 Å². The van der Waals surface area contributed by atoms with E-state index in [9.17, 15) is 4.79 Å². The number of carbonyl (C=O) groups excluding carboxylic acids is 1. The lowest BCUT2D eigenvalue weighted by molar-refractivity contribution is -0.123. The third-order valence-corrected chi connectivity index (χ3v) is 2.29. The predicted octanol–water partition coefficient (Wildman–Crippen LogP) is 1.43. The number of nitrogens with one attached hydrogen (secondary N) is 1. The smallest absolute Gasteiger partial charge is 0.257 e. The highest BCUT2D eigenvalue weighted by Crippen LogP contribution is 2.26. The van der Waals surface area contributed by atoms with Gasteiger partial charge in [-0.3, -0.25) is 4.79 Å². The standard InChI is InChI=1S/C13H20N2O3/c1-9(2)7-15-13(16)8-18-12-6-10(17-3)4-5-11(12)14/h4-6,9H,7-8,14H2,1-3H3,(H,15,16). The molecular formula is C13H20N2O3. The van der Waals surface area contributed by atoms with Crippen LogP contribution in [0.25, 0.3) is 0 Å². The van der Waals surface area contributed by atoms with Crippen LogP contribution >= 0.6 is 0 Å². The Kier molecular flexibility index (Phi) is 5.30. The molecule has 0 saturated heterocycles. The molecule has 0 aliphatic rings. The minimum Gasteiger partial charge on any atom is -0.497 e. The van der Waals surface area contributed by atoms with Gasteiger partial charge in [0.15, 0.2) is 6.61 Å². The Balaban J connectivity index is 2.50. The first kappa shape index (κ1) is 14.2. The van der Waals surface area contributed by atoms with Crippen LogP contribution in [0.1, 0.15) is 13.8 Å². The highest BCUT2D eigenvalue weighted by atomic mass is 16.5. The average Bonchev–Trinajstić information content (AvgIpc) is 2.35. The molecule has 1 aromatic carbocycles. The molecule has 5 heteroatoms. The van der Waals surface area contributed by atoms with Crippen LogP contribution in [0.2, 0.25) is 0 Å². The molecule has 0 fully saturated rings. The third kappa shape index (κ3) is 4.53. The van der Waals surface area contributed by atoms with Crippen LogP contribution in [0.3, 0.4) is 0 Å². The molecule has 0 saturated carbocycles. The topological polar surface area (TPSA) is 73.6 Å². The maximum Gasteiger partial charge on any atom is 0.257 e. The summed E-state index contributed by atoms with van der Waals surface area (Å²) in [5, 5.41) is 2.76. The Bertz CT molecular complexity index is 405. The summed E-state index contributed by atoms with van der Waals surface area (Å²) >= 11 is 0. The first-order valence-corrected chi connectivity index (χ1v) is 5.86. The van der Waals surface area contributed by atoms with Gasteiger partial charge in [0.2, 0.25) is 0 Å². The Hall–Kier alpha value is -1.91. The van der Waals surface area contributed by atoms with Gasteiger partial charge in [-0.05, 0) is 18.1 Å². The second-order valence-electron chi connectivity index (χ2n) is 4.39. The van der Waals surface area contributed by atoms with Crippen molar-refractivity contribution in [3.63, 3.8) is 0 Å². The monoisotopic (exact) mass is 252 g/mol. The van der Waals surface area contributed by atoms with Gasteiger partial charge in [-0.15, -0.1) is 0 Å². The molecule has 18 heavy (non-hydrogen) atoms. The van der Waals surface area contributed by atoms with Crippen molar-refractivity contribution in [2.75, 3.05) is 26.0 Å². The quantitative estimate of drug-likeness (QED) is 0.751. The number of methoxy groups -OCH3 is 1. The summed E-state index contributed by atoms with van der Waals surface area (Å²) in [6, 6.07) is 5.08. The summed E-state index contributed by atoms with van der Waals surface area (Å²) in [4.78, 5) is 11.5. The zero-order valence-corrected chi connectivity index (χ0v) is 11.0. The van der Waals surface area contributed by atoms with Gasteiger partial charge in [0, 0.05) is 12.6 Å². The van der Waals surface area contributed by atoms with Crippen molar-refractivity contribution in [2.45, 2.75) is 13.8 Å². The number of nitrogens with two attached hydrogens (primary N) is 1. The third-order valence-electron chi connectivity index (χ3n) is 2.29. The van der Waals surface area contributed by atoms with E-state index in [1.54, 1.807) is 25.3 Å². The van der Waals surface area contributed by atoms with Gasteiger partial charge >= 0.3 is 0 Å². The first-order chi connectivity index (χ1) is 8.52. The molecule has 0 aromatic heterocycles. The predicted molar refractivity (Wildman–Crippen MR) is 70.7 cm³/mol. The maximum atomic E-state index is 11.5. The van der Waals surface area contributed by atoms with Gasteiger partial charge in [-0.1, -0.05) is 13.8 Å². The van der Waals surface area contributed by atoms with E-state index in [1.165, 1.54) is 0 Å². The molecule has 1 amide bonds. The number of anilines is 1. The molecule has 3 N–H and O–H groups in total. The van der Waals surface area contributed by atoms with Crippen molar-refractivity contribution < 1.29 is 14.3 Å². The van der Waals surface area contributed by atoms with Gasteiger partial charge < -0.3 is 20.5 Å². The van der Waals surface area contributed by atoms with Crippen LogP contribution in [0, 0.1) is 5.92 Å². The second kappa shape index (κ2) is 6.74. The van der Waals surface area contributed by atoms with E-state index < -0.39 is 0 Å². The summed E-state index contributed by atoms with van der Waals surface area (Å²) in [5.74, 6) is 1.34. The number of hydrogen-bond donors (Lipinski definition) is 2. The number of benzene rings is 1. The Morgan fingerprint density at radius 3 is 2.78 bits per heavy atom. The van der Waals surface area contributed by atoms with E-state index in [0.717, 1.165) is 0 Å². The summed E-state index contributed by atoms with van der Waals surface area (Å²) in [7, 11) is 1.56. The maximum absolute atomic E-state index is 11.5. The lowest BCUT2D eigenvalue weighted by Gasteiger charge is -2.11. The molecule has 0 heterocycles. The summed E-state index contributed by atoms with van der Waals surface area (Å²) in [6.45, 7) is 4.64.